The van der Waals surface area contributed by atoms with Gasteiger partial charge in [0.05, 0.1) is 0 Å². The van der Waals surface area contributed by atoms with E-state index in [1.54, 1.807) is 38.1 Å². The molecule has 0 aliphatic carbocycles. The Balaban J connectivity index is 2.55. The second-order valence-electron chi connectivity index (χ2n) is 4.69. The molecule has 0 saturated carbocycles. The fraction of sp³-hybridized carbons (Fsp3) is 0.188. The summed E-state index contributed by atoms with van der Waals surface area (Å²) < 4.78 is 0. The zero-order valence-corrected chi connectivity index (χ0v) is 10.9. The topological polar surface area (TPSA) is 57.5 Å². The molecule has 0 aromatic heterocycles. The molecule has 0 heterocycles. The summed E-state index contributed by atoms with van der Waals surface area (Å²) in [5.41, 5.74) is 2.81. The van der Waals surface area contributed by atoms with Crippen LogP contribution in [0.2, 0.25) is 0 Å². The van der Waals surface area contributed by atoms with Crippen molar-refractivity contribution in [1.82, 2.24) is 0 Å². The summed E-state index contributed by atoms with van der Waals surface area (Å²) >= 11 is 0. The second kappa shape index (κ2) is 5.14. The number of carboxylic acids is 1. The van der Waals surface area contributed by atoms with Crippen LogP contribution in [0.4, 0.5) is 0 Å². The molecule has 2 N–H and O–H groups in total. The number of hydrogen-bond acceptors (Lipinski definition) is 2. The highest BCUT2D eigenvalue weighted by Crippen LogP contribution is 2.30. The van der Waals surface area contributed by atoms with E-state index in [1.807, 2.05) is 18.2 Å². The molecule has 2 rings (SSSR count). The number of benzene rings is 2. The average molecular weight is 256 g/mol. The Morgan fingerprint density at radius 1 is 1.00 bits per heavy atom. The first kappa shape index (κ1) is 13.1. The summed E-state index contributed by atoms with van der Waals surface area (Å²) in [6.45, 7) is 3.55. The number of aromatic hydroxyl groups is 1. The molecule has 1 atom stereocenters. The van der Waals surface area contributed by atoms with Gasteiger partial charge in [-0.1, -0.05) is 42.5 Å². The molecule has 0 spiro atoms. The van der Waals surface area contributed by atoms with Gasteiger partial charge in [-0.3, -0.25) is 4.79 Å². The predicted molar refractivity (Wildman–Crippen MR) is 73.5 cm³/mol. The number of phenolic OH excluding ortho intramolecular Hbond substituents is 1. The van der Waals surface area contributed by atoms with Crippen molar-refractivity contribution in [3.63, 3.8) is 0 Å². The normalized spacial score (nSPS) is 12.1. The maximum Gasteiger partial charge on any atom is 0.315 e. The van der Waals surface area contributed by atoms with E-state index in [4.69, 9.17) is 0 Å². The number of rotatable bonds is 3. The van der Waals surface area contributed by atoms with Gasteiger partial charge in [0.2, 0.25) is 0 Å². The van der Waals surface area contributed by atoms with Gasteiger partial charge in [-0.2, -0.15) is 0 Å². The molecule has 0 aliphatic rings. The highest BCUT2D eigenvalue weighted by Gasteiger charge is 2.23. The lowest BCUT2D eigenvalue weighted by molar-refractivity contribution is -0.137. The second-order valence-corrected chi connectivity index (χ2v) is 4.69. The van der Waals surface area contributed by atoms with Gasteiger partial charge >= 0.3 is 5.97 Å². The molecule has 0 bridgehead atoms. The van der Waals surface area contributed by atoms with Crippen molar-refractivity contribution in [2.45, 2.75) is 19.8 Å². The van der Waals surface area contributed by atoms with Crippen LogP contribution in [-0.4, -0.2) is 16.2 Å². The predicted octanol–water partition coefficient (Wildman–Crippen LogP) is 3.23. The van der Waals surface area contributed by atoms with Crippen LogP contribution in [0, 0.1) is 13.8 Å². The molecule has 2 aromatic carbocycles. The molecule has 0 amide bonds. The Bertz CT molecular complexity index is 580. The Kier molecular flexibility index (Phi) is 3.56. The van der Waals surface area contributed by atoms with Crippen LogP contribution in [0.1, 0.15) is 28.2 Å². The minimum atomic E-state index is -0.893. The van der Waals surface area contributed by atoms with Gasteiger partial charge in [-0.25, -0.2) is 0 Å². The van der Waals surface area contributed by atoms with E-state index in [0.29, 0.717) is 16.7 Å². The minimum Gasteiger partial charge on any atom is -0.507 e. The lowest BCUT2D eigenvalue weighted by Gasteiger charge is -2.15. The van der Waals surface area contributed by atoms with E-state index in [0.717, 1.165) is 5.56 Å². The van der Waals surface area contributed by atoms with Crippen LogP contribution in [0.3, 0.4) is 0 Å². The SMILES string of the molecule is Cc1cc(C(C(=O)O)c2ccccc2)cc(C)c1O. The molecule has 0 fully saturated rings. The van der Waals surface area contributed by atoms with Gasteiger partial charge in [0.25, 0.3) is 0 Å². The summed E-state index contributed by atoms with van der Waals surface area (Å²) in [5, 5.41) is 19.2. The molecule has 98 valence electrons. The molecule has 0 aliphatic heterocycles. The monoisotopic (exact) mass is 256 g/mol. The minimum absolute atomic E-state index is 0.223. The molecule has 3 heteroatoms. The highest BCUT2D eigenvalue weighted by molar-refractivity contribution is 5.80. The molecule has 3 nitrogen and oxygen atoms in total. The van der Waals surface area contributed by atoms with E-state index < -0.39 is 11.9 Å². The van der Waals surface area contributed by atoms with Crippen LogP contribution in [0.5, 0.6) is 5.75 Å². The number of phenols is 1. The van der Waals surface area contributed by atoms with E-state index in [2.05, 4.69) is 0 Å². The smallest absolute Gasteiger partial charge is 0.315 e. The zero-order chi connectivity index (χ0) is 14.0. The molecule has 1 unspecified atom stereocenters. The number of carboxylic acid groups (broad SMARTS) is 1. The number of aliphatic carboxylic acids is 1. The van der Waals surface area contributed by atoms with Gasteiger partial charge in [-0.05, 0) is 36.1 Å². The van der Waals surface area contributed by atoms with E-state index in [-0.39, 0.29) is 5.75 Å². The third-order valence-electron chi connectivity index (χ3n) is 3.23. The van der Waals surface area contributed by atoms with E-state index in [9.17, 15) is 15.0 Å². The van der Waals surface area contributed by atoms with E-state index >= 15 is 0 Å². The van der Waals surface area contributed by atoms with Crippen LogP contribution in [-0.2, 0) is 4.79 Å². The average Bonchev–Trinajstić information content (AvgIpc) is 2.37. The zero-order valence-electron chi connectivity index (χ0n) is 10.9. The summed E-state index contributed by atoms with van der Waals surface area (Å²) in [4.78, 5) is 11.5. The van der Waals surface area contributed by atoms with Gasteiger partial charge in [-0.15, -0.1) is 0 Å². The van der Waals surface area contributed by atoms with Crippen molar-refractivity contribution >= 4 is 5.97 Å². The third kappa shape index (κ3) is 2.60. The van der Waals surface area contributed by atoms with Crippen LogP contribution in [0.15, 0.2) is 42.5 Å². The molecular weight excluding hydrogens is 240 g/mol. The summed E-state index contributed by atoms with van der Waals surface area (Å²) in [7, 11) is 0. The number of hydrogen-bond donors (Lipinski definition) is 2. The fourth-order valence-electron chi connectivity index (χ4n) is 2.28. The number of aryl methyl sites for hydroxylation is 2. The first-order chi connectivity index (χ1) is 9.00. The van der Waals surface area contributed by atoms with Crippen molar-refractivity contribution in [3.05, 3.63) is 64.7 Å². The standard InChI is InChI=1S/C16H16O3/c1-10-8-13(9-11(2)15(10)17)14(16(18)19)12-6-4-3-5-7-12/h3-9,14,17H,1-2H3,(H,18,19). The van der Waals surface area contributed by atoms with Gasteiger partial charge in [0, 0.05) is 0 Å². The first-order valence-electron chi connectivity index (χ1n) is 6.08. The van der Waals surface area contributed by atoms with Crippen LogP contribution < -0.4 is 0 Å². The fourth-order valence-corrected chi connectivity index (χ4v) is 2.28. The Morgan fingerprint density at radius 2 is 1.53 bits per heavy atom. The van der Waals surface area contributed by atoms with Crippen LogP contribution >= 0.6 is 0 Å². The summed E-state index contributed by atoms with van der Waals surface area (Å²) in [6, 6.07) is 12.6. The summed E-state index contributed by atoms with van der Waals surface area (Å²) in [5.74, 6) is -1.38. The van der Waals surface area contributed by atoms with Crippen LogP contribution in [0.25, 0.3) is 0 Å². The molecule has 19 heavy (non-hydrogen) atoms. The van der Waals surface area contributed by atoms with E-state index in [1.165, 1.54) is 0 Å². The highest BCUT2D eigenvalue weighted by atomic mass is 16.4. The van der Waals surface area contributed by atoms with Crippen molar-refractivity contribution in [1.29, 1.82) is 0 Å². The Hall–Kier alpha value is -2.29. The Labute approximate surface area is 112 Å². The van der Waals surface area contributed by atoms with Gasteiger partial charge in [0.15, 0.2) is 0 Å². The quantitative estimate of drug-likeness (QED) is 0.886. The van der Waals surface area contributed by atoms with Crippen molar-refractivity contribution in [3.8, 4) is 5.75 Å². The largest absolute Gasteiger partial charge is 0.507 e. The number of carbonyl (C=O) groups is 1. The van der Waals surface area contributed by atoms with Crippen molar-refractivity contribution in [2.75, 3.05) is 0 Å². The van der Waals surface area contributed by atoms with Crippen molar-refractivity contribution < 1.29 is 15.0 Å². The van der Waals surface area contributed by atoms with Crippen molar-refractivity contribution in [2.24, 2.45) is 0 Å². The molecule has 0 radical (unpaired) electrons. The molecule has 0 saturated heterocycles. The first-order valence-corrected chi connectivity index (χ1v) is 6.08. The maximum absolute atomic E-state index is 11.5. The van der Waals surface area contributed by atoms with Gasteiger partial charge in [0.1, 0.15) is 11.7 Å². The van der Waals surface area contributed by atoms with Gasteiger partial charge < -0.3 is 10.2 Å². The Morgan fingerprint density at radius 3 is 2.00 bits per heavy atom. The third-order valence-corrected chi connectivity index (χ3v) is 3.23. The maximum atomic E-state index is 11.5. The lowest BCUT2D eigenvalue weighted by atomic mass is 9.89. The summed E-state index contributed by atoms with van der Waals surface area (Å²) in [6.07, 6.45) is 0. The molecule has 2 aromatic rings. The molecular formula is C16H16O3. The lowest BCUT2D eigenvalue weighted by Crippen LogP contribution is -2.13.